The second kappa shape index (κ2) is 2.71. The highest BCUT2D eigenvalue weighted by Gasteiger charge is 1.96. The van der Waals surface area contributed by atoms with E-state index >= 15 is 0 Å². The normalized spacial score (nSPS) is 9.92. The first-order valence-corrected chi connectivity index (χ1v) is 3.83. The van der Waals surface area contributed by atoms with Gasteiger partial charge in [0, 0.05) is 17.9 Å². The monoisotopic (exact) mass is 156 g/mol. The summed E-state index contributed by atoms with van der Waals surface area (Å²) in [5.74, 6) is 0. The molecule has 2 heteroatoms. The van der Waals surface area contributed by atoms with Crippen molar-refractivity contribution in [2.75, 3.05) is 0 Å². The highest BCUT2D eigenvalue weighted by atomic mass is 14.8. The van der Waals surface area contributed by atoms with E-state index in [-0.39, 0.29) is 0 Å². The SMILES string of the molecule is N#CCc1cc2ccccn2c1. The minimum atomic E-state index is 0.488. The summed E-state index contributed by atoms with van der Waals surface area (Å²) in [4.78, 5) is 0. The van der Waals surface area contributed by atoms with Crippen LogP contribution in [0.3, 0.4) is 0 Å². The van der Waals surface area contributed by atoms with Crippen LogP contribution in [0.4, 0.5) is 0 Å². The van der Waals surface area contributed by atoms with Crippen molar-refractivity contribution in [3.05, 3.63) is 42.2 Å². The van der Waals surface area contributed by atoms with E-state index < -0.39 is 0 Å². The van der Waals surface area contributed by atoms with E-state index in [1.807, 2.05) is 41.1 Å². The first-order chi connectivity index (χ1) is 5.90. The van der Waals surface area contributed by atoms with Gasteiger partial charge in [0.1, 0.15) is 0 Å². The summed E-state index contributed by atoms with van der Waals surface area (Å²) >= 11 is 0. The molecule has 2 heterocycles. The largest absolute Gasteiger partial charge is 0.324 e. The molecule has 2 rings (SSSR count). The Hall–Kier alpha value is -1.75. The molecule has 0 atom stereocenters. The van der Waals surface area contributed by atoms with Crippen LogP contribution in [0.2, 0.25) is 0 Å². The Morgan fingerprint density at radius 3 is 3.08 bits per heavy atom. The number of nitriles is 1. The average Bonchev–Trinajstić information content (AvgIpc) is 2.47. The topological polar surface area (TPSA) is 28.2 Å². The molecule has 0 N–H and O–H groups in total. The molecule has 0 amide bonds. The Labute approximate surface area is 70.7 Å². The molecule has 0 aliphatic rings. The van der Waals surface area contributed by atoms with E-state index in [2.05, 4.69) is 6.07 Å². The zero-order valence-corrected chi connectivity index (χ0v) is 6.57. The third-order valence-corrected chi connectivity index (χ3v) is 1.84. The highest BCUT2D eigenvalue weighted by molar-refractivity contribution is 5.50. The number of fused-ring (bicyclic) bond motifs is 1. The molecule has 0 bridgehead atoms. The maximum Gasteiger partial charge on any atom is 0.0670 e. The van der Waals surface area contributed by atoms with Gasteiger partial charge < -0.3 is 4.40 Å². The number of aromatic nitrogens is 1. The molecule has 0 saturated heterocycles. The van der Waals surface area contributed by atoms with Gasteiger partial charge >= 0.3 is 0 Å². The van der Waals surface area contributed by atoms with Gasteiger partial charge in [-0.25, -0.2) is 0 Å². The molecular formula is C10H8N2. The molecule has 0 spiro atoms. The van der Waals surface area contributed by atoms with Crippen molar-refractivity contribution in [2.24, 2.45) is 0 Å². The van der Waals surface area contributed by atoms with Crippen molar-refractivity contribution in [1.29, 1.82) is 5.26 Å². The van der Waals surface area contributed by atoms with Gasteiger partial charge in [-0.05, 0) is 23.8 Å². The third kappa shape index (κ3) is 1.06. The summed E-state index contributed by atoms with van der Waals surface area (Å²) in [6, 6.07) is 10.2. The number of nitrogens with zero attached hydrogens (tertiary/aromatic N) is 2. The molecule has 0 aliphatic heterocycles. The lowest BCUT2D eigenvalue weighted by Crippen LogP contribution is -1.77. The first kappa shape index (κ1) is 6.93. The Kier molecular flexibility index (Phi) is 1.56. The van der Waals surface area contributed by atoms with Crippen molar-refractivity contribution >= 4 is 5.52 Å². The van der Waals surface area contributed by atoms with Crippen molar-refractivity contribution in [3.8, 4) is 6.07 Å². The Morgan fingerprint density at radius 2 is 2.33 bits per heavy atom. The van der Waals surface area contributed by atoms with Crippen molar-refractivity contribution in [3.63, 3.8) is 0 Å². The predicted octanol–water partition coefficient (Wildman–Crippen LogP) is 2.01. The molecule has 2 nitrogen and oxygen atoms in total. The molecule has 0 aromatic carbocycles. The summed E-state index contributed by atoms with van der Waals surface area (Å²) < 4.78 is 2.02. The van der Waals surface area contributed by atoms with Crippen LogP contribution >= 0.6 is 0 Å². The van der Waals surface area contributed by atoms with Gasteiger partial charge in [0.15, 0.2) is 0 Å². The standard InChI is InChI=1S/C10H8N2/c11-5-4-9-7-10-3-1-2-6-12(10)8-9/h1-3,6-8H,4H2. The molecule has 0 radical (unpaired) electrons. The van der Waals surface area contributed by atoms with Crippen molar-refractivity contribution in [1.82, 2.24) is 4.40 Å². The van der Waals surface area contributed by atoms with E-state index in [4.69, 9.17) is 5.26 Å². The summed E-state index contributed by atoms with van der Waals surface area (Å²) in [5, 5.41) is 8.49. The van der Waals surface area contributed by atoms with Gasteiger partial charge in [0.05, 0.1) is 12.5 Å². The minimum absolute atomic E-state index is 0.488. The fourth-order valence-corrected chi connectivity index (χ4v) is 1.30. The first-order valence-electron chi connectivity index (χ1n) is 3.83. The lowest BCUT2D eigenvalue weighted by Gasteiger charge is -1.88. The van der Waals surface area contributed by atoms with Crippen LogP contribution in [0.5, 0.6) is 0 Å². The van der Waals surface area contributed by atoms with Crippen molar-refractivity contribution in [2.45, 2.75) is 6.42 Å². The second-order valence-corrected chi connectivity index (χ2v) is 2.72. The van der Waals surface area contributed by atoms with Crippen LogP contribution in [-0.2, 0) is 6.42 Å². The van der Waals surface area contributed by atoms with E-state index in [1.165, 1.54) is 0 Å². The smallest absolute Gasteiger partial charge is 0.0670 e. The molecule has 0 fully saturated rings. The van der Waals surface area contributed by atoms with Gasteiger partial charge in [-0.15, -0.1) is 0 Å². The van der Waals surface area contributed by atoms with Gasteiger partial charge in [0.25, 0.3) is 0 Å². The summed E-state index contributed by atoms with van der Waals surface area (Å²) in [5.41, 5.74) is 2.21. The molecule has 0 unspecified atom stereocenters. The van der Waals surface area contributed by atoms with E-state index in [0.29, 0.717) is 6.42 Å². The maximum atomic E-state index is 8.49. The van der Waals surface area contributed by atoms with E-state index in [1.54, 1.807) is 0 Å². The predicted molar refractivity (Wildman–Crippen MR) is 46.7 cm³/mol. The Balaban J connectivity index is 2.56. The molecule has 0 saturated carbocycles. The lowest BCUT2D eigenvalue weighted by atomic mass is 10.2. The third-order valence-electron chi connectivity index (χ3n) is 1.84. The zero-order valence-electron chi connectivity index (χ0n) is 6.57. The second-order valence-electron chi connectivity index (χ2n) is 2.72. The quantitative estimate of drug-likeness (QED) is 0.620. The zero-order chi connectivity index (χ0) is 8.39. The van der Waals surface area contributed by atoms with Gasteiger partial charge in [-0.3, -0.25) is 0 Å². The molecule has 0 aliphatic carbocycles. The van der Waals surface area contributed by atoms with Crippen LogP contribution in [-0.4, -0.2) is 4.40 Å². The minimum Gasteiger partial charge on any atom is -0.324 e. The number of pyridine rings is 1. The molecule has 2 aromatic heterocycles. The number of hydrogen-bond acceptors (Lipinski definition) is 1. The van der Waals surface area contributed by atoms with Crippen LogP contribution in [0.1, 0.15) is 5.56 Å². The molecule has 12 heavy (non-hydrogen) atoms. The molecule has 58 valence electrons. The van der Waals surface area contributed by atoms with Crippen LogP contribution in [0.25, 0.3) is 5.52 Å². The van der Waals surface area contributed by atoms with Crippen LogP contribution < -0.4 is 0 Å². The summed E-state index contributed by atoms with van der Waals surface area (Å²) in [7, 11) is 0. The fourth-order valence-electron chi connectivity index (χ4n) is 1.30. The molecule has 2 aromatic rings. The lowest BCUT2D eigenvalue weighted by molar-refractivity contribution is 1.17. The van der Waals surface area contributed by atoms with Crippen molar-refractivity contribution < 1.29 is 0 Å². The highest BCUT2D eigenvalue weighted by Crippen LogP contribution is 2.09. The van der Waals surface area contributed by atoms with Crippen LogP contribution in [0, 0.1) is 11.3 Å². The Morgan fingerprint density at radius 1 is 1.42 bits per heavy atom. The number of hydrogen-bond donors (Lipinski definition) is 0. The average molecular weight is 156 g/mol. The van der Waals surface area contributed by atoms with Crippen LogP contribution in [0.15, 0.2) is 36.7 Å². The Bertz CT molecular complexity index is 401. The van der Waals surface area contributed by atoms with Gasteiger partial charge in [-0.2, -0.15) is 5.26 Å². The summed E-state index contributed by atoms with van der Waals surface area (Å²) in [6.07, 6.45) is 4.45. The van der Waals surface area contributed by atoms with Gasteiger partial charge in [-0.1, -0.05) is 6.07 Å². The van der Waals surface area contributed by atoms with E-state index in [0.717, 1.165) is 11.1 Å². The number of rotatable bonds is 1. The summed E-state index contributed by atoms with van der Waals surface area (Å²) in [6.45, 7) is 0. The molecular weight excluding hydrogens is 148 g/mol. The van der Waals surface area contributed by atoms with Gasteiger partial charge in [0.2, 0.25) is 0 Å². The van der Waals surface area contributed by atoms with E-state index in [9.17, 15) is 0 Å². The fraction of sp³-hybridized carbons (Fsp3) is 0.100. The maximum absolute atomic E-state index is 8.49.